The smallest absolute Gasteiger partial charge is 0.228 e. The molecule has 1 N–H and O–H groups in total. The van der Waals surface area contributed by atoms with Crippen LogP contribution in [0.15, 0.2) is 36.4 Å². The lowest BCUT2D eigenvalue weighted by Crippen LogP contribution is -2.24. The van der Waals surface area contributed by atoms with Gasteiger partial charge in [0.05, 0.1) is 24.7 Å². The highest BCUT2D eigenvalue weighted by Gasteiger charge is 2.17. The lowest BCUT2D eigenvalue weighted by Gasteiger charge is -2.18. The summed E-state index contributed by atoms with van der Waals surface area (Å²) in [7, 11) is 1.72. The third-order valence-electron chi connectivity index (χ3n) is 4.46. The summed E-state index contributed by atoms with van der Waals surface area (Å²) in [5, 5.41) is 3.36. The van der Waals surface area contributed by atoms with Crippen LogP contribution >= 0.6 is 11.6 Å². The van der Waals surface area contributed by atoms with Crippen LogP contribution in [-0.4, -0.2) is 37.0 Å². The van der Waals surface area contributed by atoms with Crippen molar-refractivity contribution < 1.29 is 19.1 Å². The van der Waals surface area contributed by atoms with E-state index in [1.807, 2.05) is 24.3 Å². The second kappa shape index (κ2) is 8.97. The predicted octanol–water partition coefficient (Wildman–Crippen LogP) is 3.66. The van der Waals surface area contributed by atoms with Gasteiger partial charge in [-0.05, 0) is 29.3 Å². The molecule has 7 heteroatoms. The van der Waals surface area contributed by atoms with Crippen LogP contribution in [0.2, 0.25) is 5.02 Å². The molecule has 1 heterocycles. The second-order valence-electron chi connectivity index (χ2n) is 6.71. The van der Waals surface area contributed by atoms with E-state index < -0.39 is 0 Å². The number of anilines is 1. The Morgan fingerprint density at radius 2 is 1.93 bits per heavy atom. The summed E-state index contributed by atoms with van der Waals surface area (Å²) in [6, 6.07) is 11.0. The van der Waals surface area contributed by atoms with Crippen molar-refractivity contribution in [3.8, 4) is 11.5 Å². The van der Waals surface area contributed by atoms with Crippen LogP contribution in [-0.2, 0) is 22.6 Å². The van der Waals surface area contributed by atoms with E-state index in [4.69, 9.17) is 21.1 Å². The van der Waals surface area contributed by atoms with E-state index in [1.54, 1.807) is 24.1 Å². The van der Waals surface area contributed by atoms with Crippen LogP contribution in [0.1, 0.15) is 24.5 Å². The molecule has 148 valence electrons. The van der Waals surface area contributed by atoms with Gasteiger partial charge in [0.15, 0.2) is 11.5 Å². The number of nitrogens with zero attached hydrogens (tertiary/aromatic N) is 1. The molecule has 3 rings (SSSR count). The molecule has 2 aromatic rings. The number of halogens is 1. The molecule has 2 aromatic carbocycles. The molecular weight excluding hydrogens is 380 g/mol. The van der Waals surface area contributed by atoms with Gasteiger partial charge in [0.2, 0.25) is 11.8 Å². The number of amides is 2. The van der Waals surface area contributed by atoms with Crippen molar-refractivity contribution in [3.05, 3.63) is 52.5 Å². The Morgan fingerprint density at radius 1 is 1.18 bits per heavy atom. The monoisotopic (exact) mass is 402 g/mol. The van der Waals surface area contributed by atoms with Gasteiger partial charge in [-0.15, -0.1) is 0 Å². The van der Waals surface area contributed by atoms with Gasteiger partial charge in [-0.3, -0.25) is 9.59 Å². The quantitative estimate of drug-likeness (QED) is 0.828. The molecule has 28 heavy (non-hydrogen) atoms. The predicted molar refractivity (Wildman–Crippen MR) is 108 cm³/mol. The Hall–Kier alpha value is -2.73. The molecule has 0 aliphatic carbocycles. The number of benzene rings is 2. The maximum absolute atomic E-state index is 12.6. The highest BCUT2D eigenvalue weighted by atomic mass is 35.5. The summed E-state index contributed by atoms with van der Waals surface area (Å²) in [6.07, 6.45) is 0.930. The first-order valence-electron chi connectivity index (χ1n) is 9.11. The van der Waals surface area contributed by atoms with Crippen molar-refractivity contribution in [2.75, 3.05) is 25.6 Å². The van der Waals surface area contributed by atoms with Crippen molar-refractivity contribution in [2.24, 2.45) is 0 Å². The zero-order valence-corrected chi connectivity index (χ0v) is 16.7. The van der Waals surface area contributed by atoms with Crippen LogP contribution in [0.4, 0.5) is 5.69 Å². The van der Waals surface area contributed by atoms with Gasteiger partial charge in [0, 0.05) is 32.6 Å². The molecule has 0 fully saturated rings. The minimum absolute atomic E-state index is 0.0389. The maximum atomic E-state index is 12.6. The molecule has 0 spiro atoms. The number of carbonyl (C=O) groups is 2. The molecule has 2 amide bonds. The summed E-state index contributed by atoms with van der Waals surface area (Å²) in [5.74, 6) is 0.878. The number of hydrogen-bond acceptors (Lipinski definition) is 4. The first kappa shape index (κ1) is 20.0. The van der Waals surface area contributed by atoms with Crippen LogP contribution in [0.5, 0.6) is 11.5 Å². The minimum atomic E-state index is -0.177. The number of carbonyl (C=O) groups excluding carboxylic acids is 2. The summed E-state index contributed by atoms with van der Waals surface area (Å²) < 4.78 is 11.3. The summed E-state index contributed by atoms with van der Waals surface area (Å²) >= 11 is 6.30. The van der Waals surface area contributed by atoms with Gasteiger partial charge in [0.1, 0.15) is 0 Å². The SMILES string of the molecule is CC(=O)N(C)Cc1ccccc1NC(=O)Cc1cc(Cl)c2c(c1)OCCCO2. The zero-order chi connectivity index (χ0) is 20.1. The highest BCUT2D eigenvalue weighted by Crippen LogP contribution is 2.38. The lowest BCUT2D eigenvalue weighted by molar-refractivity contribution is -0.128. The van der Waals surface area contributed by atoms with Gasteiger partial charge < -0.3 is 19.7 Å². The van der Waals surface area contributed by atoms with Crippen LogP contribution in [0.3, 0.4) is 0 Å². The second-order valence-corrected chi connectivity index (χ2v) is 7.12. The molecule has 6 nitrogen and oxygen atoms in total. The molecule has 1 aliphatic heterocycles. The van der Waals surface area contributed by atoms with E-state index in [0.29, 0.717) is 42.0 Å². The van der Waals surface area contributed by atoms with E-state index in [0.717, 1.165) is 17.5 Å². The lowest BCUT2D eigenvalue weighted by atomic mass is 10.1. The van der Waals surface area contributed by atoms with Crippen molar-refractivity contribution in [1.29, 1.82) is 0 Å². The van der Waals surface area contributed by atoms with Gasteiger partial charge in [0.25, 0.3) is 0 Å². The average molecular weight is 403 g/mol. The fourth-order valence-electron chi connectivity index (χ4n) is 2.91. The molecule has 0 aromatic heterocycles. The fraction of sp³-hybridized carbons (Fsp3) is 0.333. The number of para-hydroxylation sites is 1. The normalized spacial score (nSPS) is 12.8. The molecule has 0 saturated carbocycles. The first-order chi connectivity index (χ1) is 13.4. The Bertz CT molecular complexity index is 885. The van der Waals surface area contributed by atoms with Crippen molar-refractivity contribution in [3.63, 3.8) is 0 Å². The molecule has 0 saturated heterocycles. The fourth-order valence-corrected chi connectivity index (χ4v) is 3.20. The maximum Gasteiger partial charge on any atom is 0.228 e. The topological polar surface area (TPSA) is 67.9 Å². The molecular formula is C21H23ClN2O4. The number of hydrogen-bond donors (Lipinski definition) is 1. The van der Waals surface area contributed by atoms with Crippen molar-refractivity contribution in [1.82, 2.24) is 4.90 Å². The van der Waals surface area contributed by atoms with Crippen LogP contribution < -0.4 is 14.8 Å². The van der Waals surface area contributed by atoms with E-state index in [1.165, 1.54) is 6.92 Å². The summed E-state index contributed by atoms with van der Waals surface area (Å²) in [5.41, 5.74) is 2.29. The largest absolute Gasteiger partial charge is 0.489 e. The third-order valence-corrected chi connectivity index (χ3v) is 4.74. The summed E-state index contributed by atoms with van der Waals surface area (Å²) in [6.45, 7) is 3.03. The third kappa shape index (κ3) is 4.95. The average Bonchev–Trinajstić information content (AvgIpc) is 2.89. The van der Waals surface area contributed by atoms with Crippen LogP contribution in [0.25, 0.3) is 0 Å². The molecule has 0 radical (unpaired) electrons. The van der Waals surface area contributed by atoms with E-state index >= 15 is 0 Å². The number of fused-ring (bicyclic) bond motifs is 1. The molecule has 0 unspecified atom stereocenters. The minimum Gasteiger partial charge on any atom is -0.489 e. The van der Waals surface area contributed by atoms with Gasteiger partial charge in [-0.2, -0.15) is 0 Å². The van der Waals surface area contributed by atoms with Crippen molar-refractivity contribution in [2.45, 2.75) is 26.3 Å². The van der Waals surface area contributed by atoms with Gasteiger partial charge >= 0.3 is 0 Å². The molecule has 1 aliphatic rings. The van der Waals surface area contributed by atoms with Crippen LogP contribution in [0, 0.1) is 0 Å². The Labute approximate surface area is 169 Å². The Morgan fingerprint density at radius 3 is 2.71 bits per heavy atom. The standard InChI is InChI=1S/C21H23ClN2O4/c1-14(25)24(2)13-16-6-3-4-7-18(16)23-20(26)12-15-10-17(22)21-19(11-15)27-8-5-9-28-21/h3-4,6-7,10-11H,5,8-9,12-13H2,1-2H3,(H,23,26). The first-order valence-corrected chi connectivity index (χ1v) is 9.49. The van der Waals surface area contributed by atoms with E-state index in [9.17, 15) is 9.59 Å². The number of rotatable bonds is 5. The number of ether oxygens (including phenoxy) is 2. The van der Waals surface area contributed by atoms with E-state index in [-0.39, 0.29) is 18.2 Å². The molecule has 0 atom stereocenters. The molecule has 0 bridgehead atoms. The van der Waals surface area contributed by atoms with Crippen molar-refractivity contribution >= 4 is 29.1 Å². The summed E-state index contributed by atoms with van der Waals surface area (Å²) in [4.78, 5) is 25.7. The Kier molecular flexibility index (Phi) is 6.41. The Balaban J connectivity index is 1.72. The number of nitrogens with one attached hydrogen (secondary N) is 1. The zero-order valence-electron chi connectivity index (χ0n) is 16.0. The van der Waals surface area contributed by atoms with Gasteiger partial charge in [-0.1, -0.05) is 29.8 Å². The van der Waals surface area contributed by atoms with E-state index in [2.05, 4.69) is 5.32 Å². The highest BCUT2D eigenvalue weighted by molar-refractivity contribution is 6.32. The van der Waals surface area contributed by atoms with Gasteiger partial charge in [-0.25, -0.2) is 0 Å².